The molecule has 0 spiro atoms. The van der Waals surface area contributed by atoms with Gasteiger partial charge in [0.1, 0.15) is 11.4 Å². The second-order valence-electron chi connectivity index (χ2n) is 32.2. The molecule has 9 rings (SSSR count). The summed E-state index contributed by atoms with van der Waals surface area (Å²) in [5.41, 5.74) is 20.3. The number of Topliss-reactive ketones (excluding diaryl/α,β-unsaturated/α-hetero) is 2. The molecule has 0 saturated carbocycles. The molecule has 0 aliphatic carbocycles. The van der Waals surface area contributed by atoms with E-state index in [1.54, 1.807) is 0 Å². The van der Waals surface area contributed by atoms with Gasteiger partial charge < -0.3 is 9.97 Å². The minimum Gasteiger partial charge on any atom is -0.354 e. The number of nitrogens with one attached hydrogen (secondary N) is 2. The predicted molar refractivity (Wildman–Crippen MR) is 348 cm³/mol. The molecule has 7 aromatic rings. The van der Waals surface area contributed by atoms with E-state index in [9.17, 15) is 0 Å². The van der Waals surface area contributed by atoms with E-state index in [1.165, 1.54) is 22.3 Å². The summed E-state index contributed by atoms with van der Waals surface area (Å²) in [5.74, 6) is -1.25. The summed E-state index contributed by atoms with van der Waals surface area (Å²) in [6.07, 6.45) is 1.15. The minimum atomic E-state index is -0.626. The van der Waals surface area contributed by atoms with Gasteiger partial charge in [0, 0.05) is 44.3 Å². The number of carbonyl (C=O) groups excluding carboxylic acids is 2. The molecule has 6 heteroatoms. The average Bonchev–Trinajstić information content (AvgIpc) is 3.44. The number of H-pyrrole nitrogens is 2. The first-order valence-corrected chi connectivity index (χ1v) is 30.0. The molecule has 82 heavy (non-hydrogen) atoms. The SMILES string of the molecule is CC(C)(C)c1cc(-c2c3nc(c(-c4cc(C(C)(C)C)cc(C(C)(C)C)c4)c4ccc([nH]4)c(-c4cc(C(C)(C)C)cc(C(C)(C)C)c4)c4ccc([nH]4)c(-c4cc(C(C)(C)C)cc(C(C)(C)C)c4)c4nc2C(=O)C4=O)CC3)cc(C(C)(C)C)c1. The van der Waals surface area contributed by atoms with Crippen molar-refractivity contribution in [2.75, 3.05) is 0 Å². The highest BCUT2D eigenvalue weighted by atomic mass is 16.2. The molecule has 2 aliphatic heterocycles. The van der Waals surface area contributed by atoms with Crippen molar-refractivity contribution in [2.24, 2.45) is 0 Å². The molecule has 0 fully saturated rings. The maximum Gasteiger partial charge on any atom is 0.254 e. The van der Waals surface area contributed by atoms with Crippen LogP contribution in [0.1, 0.15) is 243 Å². The van der Waals surface area contributed by atoms with Crippen LogP contribution < -0.4 is 0 Å². The average molecular weight is 1100 g/mol. The van der Waals surface area contributed by atoms with Gasteiger partial charge in [0.15, 0.2) is 0 Å². The van der Waals surface area contributed by atoms with E-state index in [4.69, 9.17) is 9.97 Å². The van der Waals surface area contributed by atoms with E-state index in [0.717, 1.165) is 83.6 Å². The predicted octanol–water partition coefficient (Wildman–Crippen LogP) is 20.2. The van der Waals surface area contributed by atoms with Crippen molar-refractivity contribution in [1.82, 2.24) is 19.9 Å². The third-order valence-corrected chi connectivity index (χ3v) is 17.0. The third kappa shape index (κ3) is 11.8. The molecule has 2 N–H and O–H groups in total. The fourth-order valence-electron chi connectivity index (χ4n) is 11.4. The van der Waals surface area contributed by atoms with Gasteiger partial charge in [0.25, 0.3) is 11.6 Å². The van der Waals surface area contributed by atoms with Crippen LogP contribution in [0.4, 0.5) is 0 Å². The molecule has 0 saturated heterocycles. The van der Waals surface area contributed by atoms with Crippen LogP contribution >= 0.6 is 0 Å². The number of aromatic amines is 2. The summed E-state index contributed by atoms with van der Waals surface area (Å²) in [6, 6.07) is 36.3. The first-order valence-electron chi connectivity index (χ1n) is 30.0. The second kappa shape index (κ2) is 20.0. The first-order chi connectivity index (χ1) is 37.5. The van der Waals surface area contributed by atoms with E-state index in [2.05, 4.69) is 273 Å². The van der Waals surface area contributed by atoms with Crippen molar-refractivity contribution >= 4 is 33.6 Å². The molecule has 430 valence electrons. The van der Waals surface area contributed by atoms with Crippen molar-refractivity contribution in [1.29, 1.82) is 0 Å². The molecule has 0 amide bonds. The van der Waals surface area contributed by atoms with E-state index < -0.39 is 11.6 Å². The van der Waals surface area contributed by atoms with Crippen molar-refractivity contribution < 1.29 is 9.59 Å². The van der Waals surface area contributed by atoms with Crippen molar-refractivity contribution in [3.63, 3.8) is 0 Å². The largest absolute Gasteiger partial charge is 0.354 e. The first kappa shape index (κ1) is 59.9. The van der Waals surface area contributed by atoms with Crippen molar-refractivity contribution in [3.05, 3.63) is 164 Å². The number of aromatic nitrogens is 4. The summed E-state index contributed by atoms with van der Waals surface area (Å²) in [4.78, 5) is 50.6. The molecule has 4 aromatic carbocycles. The van der Waals surface area contributed by atoms with Gasteiger partial charge >= 0.3 is 0 Å². The Hall–Kier alpha value is -6.66. The zero-order valence-corrected chi connectivity index (χ0v) is 54.4. The molecule has 0 unspecified atom stereocenters. The molecule has 0 radical (unpaired) electrons. The van der Waals surface area contributed by atoms with E-state index in [1.807, 2.05) is 0 Å². The molecule has 5 heterocycles. The van der Waals surface area contributed by atoms with Crippen molar-refractivity contribution in [3.8, 4) is 44.5 Å². The number of hydrogen-bond acceptors (Lipinski definition) is 4. The lowest BCUT2D eigenvalue weighted by Crippen LogP contribution is -2.17. The Balaban J connectivity index is 1.59. The summed E-state index contributed by atoms with van der Waals surface area (Å²) < 4.78 is 0. The van der Waals surface area contributed by atoms with Crippen LogP contribution in [0.3, 0.4) is 0 Å². The Kier molecular flexibility index (Phi) is 14.6. The van der Waals surface area contributed by atoms with Gasteiger partial charge in [-0.25, -0.2) is 4.98 Å². The zero-order valence-electron chi connectivity index (χ0n) is 54.4. The fraction of sp³-hybridized carbons (Fsp3) is 0.447. The Morgan fingerprint density at radius 2 is 0.500 bits per heavy atom. The Bertz CT molecular complexity index is 3780. The molecule has 0 atom stereocenters. The number of benzene rings is 4. The van der Waals surface area contributed by atoms with E-state index in [-0.39, 0.29) is 54.7 Å². The van der Waals surface area contributed by atoms with E-state index in [0.29, 0.717) is 29.5 Å². The maximum atomic E-state index is 15.6. The summed E-state index contributed by atoms with van der Waals surface area (Å²) in [6.45, 7) is 54.2. The minimum absolute atomic E-state index is 0.129. The smallest absolute Gasteiger partial charge is 0.254 e. The summed E-state index contributed by atoms with van der Waals surface area (Å²) in [5, 5.41) is 0. The Morgan fingerprint density at radius 3 is 0.793 bits per heavy atom. The number of nitrogens with zero attached hydrogens (tertiary/aromatic N) is 2. The van der Waals surface area contributed by atoms with Gasteiger partial charge in [0.05, 0.1) is 11.4 Å². The van der Waals surface area contributed by atoms with Crippen LogP contribution in [-0.4, -0.2) is 31.5 Å². The third-order valence-electron chi connectivity index (χ3n) is 17.0. The number of hydrogen-bond donors (Lipinski definition) is 2. The van der Waals surface area contributed by atoms with Gasteiger partial charge in [-0.1, -0.05) is 239 Å². The zero-order chi connectivity index (χ0) is 60.6. The molecule has 6 nitrogen and oxygen atoms in total. The quantitative estimate of drug-likeness (QED) is 0.172. The fourth-order valence-corrected chi connectivity index (χ4v) is 11.4. The van der Waals surface area contributed by atoms with Crippen LogP contribution in [-0.2, 0) is 56.2 Å². The lowest BCUT2D eigenvalue weighted by atomic mass is 9.78. The number of fused-ring (bicyclic) bond motifs is 8. The van der Waals surface area contributed by atoms with Crippen LogP contribution in [0.5, 0.6) is 0 Å². The second-order valence-corrected chi connectivity index (χ2v) is 32.2. The summed E-state index contributed by atoms with van der Waals surface area (Å²) >= 11 is 0. The normalized spacial score (nSPS) is 14.3. The van der Waals surface area contributed by atoms with Gasteiger partial charge in [-0.05, 0) is 147 Å². The highest BCUT2D eigenvalue weighted by Crippen LogP contribution is 2.45. The lowest BCUT2D eigenvalue weighted by molar-refractivity contribution is 0.0826. The van der Waals surface area contributed by atoms with Crippen LogP contribution in [0.25, 0.3) is 66.6 Å². The van der Waals surface area contributed by atoms with E-state index >= 15 is 9.59 Å². The Labute approximate surface area is 491 Å². The van der Waals surface area contributed by atoms with Crippen molar-refractivity contribution in [2.45, 2.75) is 222 Å². The molecular weight excluding hydrogens is 1000 g/mol. The highest BCUT2D eigenvalue weighted by Gasteiger charge is 2.37. The molecule has 2 aliphatic rings. The number of ketones is 2. The maximum absolute atomic E-state index is 15.6. The van der Waals surface area contributed by atoms with Gasteiger partial charge in [-0.15, -0.1) is 0 Å². The van der Waals surface area contributed by atoms with Gasteiger partial charge in [-0.3, -0.25) is 14.6 Å². The standard InChI is InChI=1S/C76H94N4O2/c1-69(2,3)47-31-43(32-48(39-47)70(4,5)6)61-55-25-26-56(77-55)62(44-33-49(71(7,8)9)40-50(34-44)72(10,11)12)58-28-30-60(79-58)64(46-37-53(75(19,20)21)42-54(38-46)76(22,23)24)66-68(82)67(81)65(80-66)63(59-29-27-57(61)78-59)45-35-51(73(13,14)15)41-52(36-45)74(16,17)18/h25-27,29,31-42,77-78H,28,30H2,1-24H3. The number of aryl methyl sites for hydroxylation is 2. The molecule has 8 bridgehead atoms. The lowest BCUT2D eigenvalue weighted by Gasteiger charge is -2.26. The highest BCUT2D eigenvalue weighted by molar-refractivity contribution is 6.52. The monoisotopic (exact) mass is 1090 g/mol. The van der Waals surface area contributed by atoms with Gasteiger partial charge in [0.2, 0.25) is 0 Å². The summed E-state index contributed by atoms with van der Waals surface area (Å²) in [7, 11) is 0. The van der Waals surface area contributed by atoms with Gasteiger partial charge in [-0.2, -0.15) is 0 Å². The topological polar surface area (TPSA) is 91.5 Å². The molecular formula is C76H94N4O2. The number of rotatable bonds is 4. The van der Waals surface area contributed by atoms with Crippen LogP contribution in [0.2, 0.25) is 0 Å². The Morgan fingerprint density at radius 1 is 0.280 bits per heavy atom. The molecule has 3 aromatic heterocycles. The van der Waals surface area contributed by atoms with Crippen LogP contribution in [0, 0.1) is 0 Å². The number of carbonyl (C=O) groups is 2. The van der Waals surface area contributed by atoms with Crippen LogP contribution in [0.15, 0.2) is 97.1 Å².